The van der Waals surface area contributed by atoms with Gasteiger partial charge < -0.3 is 9.47 Å². The van der Waals surface area contributed by atoms with Gasteiger partial charge in [-0.05, 0) is 13.8 Å². The smallest absolute Gasteiger partial charge is 0.329 e. The summed E-state index contributed by atoms with van der Waals surface area (Å²) < 4.78 is 9.96. The zero-order valence-electron chi connectivity index (χ0n) is 10.4. The van der Waals surface area contributed by atoms with E-state index in [1.807, 2.05) is 12.3 Å². The van der Waals surface area contributed by atoms with Crippen molar-refractivity contribution in [2.45, 2.75) is 19.9 Å². The average Bonchev–Trinajstić information content (AvgIpc) is 2.71. The Balaban J connectivity index is 2.68. The van der Waals surface area contributed by atoms with Gasteiger partial charge >= 0.3 is 5.97 Å². The van der Waals surface area contributed by atoms with Gasteiger partial charge in [0.25, 0.3) is 0 Å². The predicted molar refractivity (Wildman–Crippen MR) is 66.1 cm³/mol. The lowest BCUT2D eigenvalue weighted by Crippen LogP contribution is -2.32. The minimum Gasteiger partial charge on any atom is -0.465 e. The number of esters is 1. The standard InChI is InChI=1S/C11H18N2O3S/c1-4-16-11(14)10(12-5-6-15-3)9-7-17-8(2)13-9/h7,10,12H,4-6H2,1-3H3. The Morgan fingerprint density at radius 2 is 2.41 bits per heavy atom. The molecular weight excluding hydrogens is 240 g/mol. The zero-order chi connectivity index (χ0) is 12.7. The van der Waals surface area contributed by atoms with Crippen LogP contribution in [0, 0.1) is 6.92 Å². The van der Waals surface area contributed by atoms with Crippen molar-refractivity contribution in [2.24, 2.45) is 0 Å². The van der Waals surface area contributed by atoms with E-state index in [9.17, 15) is 4.79 Å². The topological polar surface area (TPSA) is 60.5 Å². The summed E-state index contributed by atoms with van der Waals surface area (Å²) in [6, 6.07) is -0.505. The maximum atomic E-state index is 11.8. The Morgan fingerprint density at radius 1 is 1.65 bits per heavy atom. The summed E-state index contributed by atoms with van der Waals surface area (Å²) >= 11 is 1.52. The molecule has 0 saturated heterocycles. The summed E-state index contributed by atoms with van der Waals surface area (Å²) in [6.07, 6.45) is 0. The molecule has 0 saturated carbocycles. The number of hydrogen-bond donors (Lipinski definition) is 1. The van der Waals surface area contributed by atoms with Crippen LogP contribution >= 0.6 is 11.3 Å². The Morgan fingerprint density at radius 3 is 2.94 bits per heavy atom. The number of carbonyl (C=O) groups is 1. The monoisotopic (exact) mass is 258 g/mol. The lowest BCUT2D eigenvalue weighted by atomic mass is 10.2. The van der Waals surface area contributed by atoms with Crippen molar-refractivity contribution < 1.29 is 14.3 Å². The van der Waals surface area contributed by atoms with Crippen LogP contribution in [0.1, 0.15) is 23.7 Å². The van der Waals surface area contributed by atoms with Crippen molar-refractivity contribution in [3.8, 4) is 0 Å². The van der Waals surface area contributed by atoms with Crippen LogP contribution in [0.3, 0.4) is 0 Å². The van der Waals surface area contributed by atoms with Crippen LogP contribution < -0.4 is 5.32 Å². The van der Waals surface area contributed by atoms with Gasteiger partial charge in [-0.25, -0.2) is 9.78 Å². The Kier molecular flexibility index (Phi) is 6.10. The summed E-state index contributed by atoms with van der Waals surface area (Å²) in [7, 11) is 1.62. The van der Waals surface area contributed by atoms with E-state index in [2.05, 4.69) is 10.3 Å². The van der Waals surface area contributed by atoms with Gasteiger partial charge in [0.2, 0.25) is 0 Å². The molecule has 1 unspecified atom stereocenters. The Labute approximate surface area is 105 Å². The first kappa shape index (κ1) is 14.1. The first-order valence-corrected chi connectivity index (χ1v) is 6.38. The lowest BCUT2D eigenvalue weighted by molar-refractivity contribution is -0.146. The molecule has 0 bridgehead atoms. The summed E-state index contributed by atoms with van der Waals surface area (Å²) in [5, 5.41) is 5.88. The lowest BCUT2D eigenvalue weighted by Gasteiger charge is -2.15. The van der Waals surface area contributed by atoms with Crippen LogP contribution in [0.5, 0.6) is 0 Å². The number of aromatic nitrogens is 1. The van der Waals surface area contributed by atoms with E-state index >= 15 is 0 Å². The predicted octanol–water partition coefficient (Wildman–Crippen LogP) is 1.29. The van der Waals surface area contributed by atoms with Gasteiger partial charge in [0.05, 0.1) is 23.9 Å². The van der Waals surface area contributed by atoms with Gasteiger partial charge in [-0.2, -0.15) is 0 Å². The van der Waals surface area contributed by atoms with E-state index in [1.165, 1.54) is 11.3 Å². The van der Waals surface area contributed by atoms with Crippen LogP contribution in [-0.4, -0.2) is 37.8 Å². The van der Waals surface area contributed by atoms with Gasteiger partial charge in [0.1, 0.15) is 6.04 Å². The van der Waals surface area contributed by atoms with Crippen molar-refractivity contribution in [2.75, 3.05) is 26.9 Å². The van der Waals surface area contributed by atoms with Gasteiger partial charge in [-0.1, -0.05) is 0 Å². The zero-order valence-corrected chi connectivity index (χ0v) is 11.2. The number of hydrogen-bond acceptors (Lipinski definition) is 6. The molecule has 1 aromatic heterocycles. The third-order valence-corrected chi connectivity index (χ3v) is 2.90. The quantitative estimate of drug-likeness (QED) is 0.590. The fourth-order valence-corrected chi connectivity index (χ4v) is 1.99. The SMILES string of the molecule is CCOC(=O)C(NCCOC)c1csc(C)n1. The molecule has 1 heterocycles. The summed E-state index contributed by atoms with van der Waals surface area (Å²) in [5.74, 6) is -0.297. The van der Waals surface area contributed by atoms with E-state index in [0.29, 0.717) is 25.5 Å². The summed E-state index contributed by atoms with van der Waals surface area (Å²) in [4.78, 5) is 16.1. The normalized spacial score (nSPS) is 12.4. The average molecular weight is 258 g/mol. The molecule has 0 amide bonds. The highest BCUT2D eigenvalue weighted by molar-refractivity contribution is 7.09. The summed E-state index contributed by atoms with van der Waals surface area (Å²) in [6.45, 7) is 5.18. The number of thiazole rings is 1. The molecule has 96 valence electrons. The molecule has 6 heteroatoms. The molecule has 0 aliphatic rings. The van der Waals surface area contributed by atoms with Crippen molar-refractivity contribution in [1.29, 1.82) is 0 Å². The van der Waals surface area contributed by atoms with Gasteiger partial charge in [-0.15, -0.1) is 11.3 Å². The van der Waals surface area contributed by atoms with Gasteiger partial charge in [0, 0.05) is 19.0 Å². The van der Waals surface area contributed by atoms with Crippen LogP contribution in [0.15, 0.2) is 5.38 Å². The Bertz CT molecular complexity index is 354. The third-order valence-electron chi connectivity index (χ3n) is 2.11. The van der Waals surface area contributed by atoms with Crippen LogP contribution in [0.4, 0.5) is 0 Å². The maximum absolute atomic E-state index is 11.8. The number of nitrogens with zero attached hydrogens (tertiary/aromatic N) is 1. The number of methoxy groups -OCH3 is 1. The van der Waals surface area contributed by atoms with Gasteiger partial charge in [0.15, 0.2) is 0 Å². The number of rotatable bonds is 7. The minimum absolute atomic E-state index is 0.297. The van der Waals surface area contributed by atoms with E-state index in [1.54, 1.807) is 14.0 Å². The van der Waals surface area contributed by atoms with Crippen molar-refractivity contribution in [3.05, 3.63) is 16.1 Å². The van der Waals surface area contributed by atoms with Crippen molar-refractivity contribution in [1.82, 2.24) is 10.3 Å². The number of carbonyl (C=O) groups excluding carboxylic acids is 1. The molecule has 0 aliphatic carbocycles. The van der Waals surface area contributed by atoms with Crippen molar-refractivity contribution >= 4 is 17.3 Å². The molecule has 1 atom stereocenters. The highest BCUT2D eigenvalue weighted by atomic mass is 32.1. The summed E-state index contributed by atoms with van der Waals surface area (Å²) in [5.41, 5.74) is 0.710. The second-order valence-electron chi connectivity index (χ2n) is 3.42. The highest BCUT2D eigenvalue weighted by Crippen LogP contribution is 2.17. The van der Waals surface area contributed by atoms with Crippen molar-refractivity contribution in [3.63, 3.8) is 0 Å². The number of nitrogens with one attached hydrogen (secondary N) is 1. The van der Waals surface area contributed by atoms with Crippen LogP contribution in [0.2, 0.25) is 0 Å². The second kappa shape index (κ2) is 7.37. The minimum atomic E-state index is -0.505. The molecule has 0 aliphatic heterocycles. The van der Waals surface area contributed by atoms with Crippen LogP contribution in [-0.2, 0) is 14.3 Å². The third kappa shape index (κ3) is 4.41. The van der Waals surface area contributed by atoms with E-state index < -0.39 is 6.04 Å². The van der Waals surface area contributed by atoms with E-state index in [4.69, 9.17) is 9.47 Å². The van der Waals surface area contributed by atoms with E-state index in [-0.39, 0.29) is 5.97 Å². The molecule has 0 fully saturated rings. The molecule has 5 nitrogen and oxygen atoms in total. The second-order valence-corrected chi connectivity index (χ2v) is 4.49. The number of ether oxygens (including phenoxy) is 2. The first-order valence-electron chi connectivity index (χ1n) is 5.50. The molecule has 1 rings (SSSR count). The maximum Gasteiger partial charge on any atom is 0.329 e. The molecule has 0 radical (unpaired) electrons. The fraction of sp³-hybridized carbons (Fsp3) is 0.636. The molecule has 0 spiro atoms. The first-order chi connectivity index (χ1) is 8.19. The highest BCUT2D eigenvalue weighted by Gasteiger charge is 2.23. The van der Waals surface area contributed by atoms with Gasteiger partial charge in [-0.3, -0.25) is 5.32 Å². The molecule has 1 N–H and O–H groups in total. The largest absolute Gasteiger partial charge is 0.465 e. The Hall–Kier alpha value is -0.980. The molecule has 1 aromatic rings. The fourth-order valence-electron chi connectivity index (χ4n) is 1.35. The molecule has 0 aromatic carbocycles. The van der Waals surface area contributed by atoms with E-state index in [0.717, 1.165) is 5.01 Å². The van der Waals surface area contributed by atoms with Crippen LogP contribution in [0.25, 0.3) is 0 Å². The molecule has 17 heavy (non-hydrogen) atoms. The molecular formula is C11H18N2O3S. The number of aryl methyl sites for hydroxylation is 1.